The minimum Gasteiger partial charge on any atom is -0.374 e. The topological polar surface area (TPSA) is 58.5 Å². The average Bonchev–Trinajstić information content (AvgIpc) is 3.04. The lowest BCUT2D eigenvalue weighted by atomic mass is 10.1. The molecule has 96 valence electrons. The Hall–Kier alpha value is -1.23. The largest absolute Gasteiger partial charge is 0.374 e. The van der Waals surface area contributed by atoms with Crippen LogP contribution < -0.4 is 5.32 Å². The summed E-state index contributed by atoms with van der Waals surface area (Å²) in [7, 11) is 0. The minimum atomic E-state index is -0.602. The molecule has 3 rings (SSSR count). The lowest BCUT2D eigenvalue weighted by Gasteiger charge is -2.12. The number of carbonyl (C=O) groups is 1. The normalized spacial score (nSPS) is 18.9. The van der Waals surface area contributed by atoms with Gasteiger partial charge in [0.25, 0.3) is 0 Å². The Balaban J connectivity index is 1.92. The van der Waals surface area contributed by atoms with E-state index in [1.54, 1.807) is 11.3 Å². The van der Waals surface area contributed by atoms with Crippen molar-refractivity contribution in [3.63, 3.8) is 0 Å². The summed E-state index contributed by atoms with van der Waals surface area (Å²) in [5.74, 6) is -0.602. The highest BCUT2D eigenvalue weighted by Crippen LogP contribution is 2.40. The summed E-state index contributed by atoms with van der Waals surface area (Å²) in [5.41, 5.74) is 1.64. The third-order valence-electron chi connectivity index (χ3n) is 3.91. The summed E-state index contributed by atoms with van der Waals surface area (Å²) in [6, 6.07) is 0.460. The predicted octanol–water partition coefficient (Wildman–Crippen LogP) is 3.50. The van der Waals surface area contributed by atoms with Crippen LogP contribution in [0.15, 0.2) is 5.18 Å². The molecule has 1 saturated carbocycles. The van der Waals surface area contributed by atoms with Crippen molar-refractivity contribution in [2.75, 3.05) is 5.32 Å². The molecular formula is C13H16N2O2S. The summed E-state index contributed by atoms with van der Waals surface area (Å²) < 4.78 is 0. The van der Waals surface area contributed by atoms with E-state index in [4.69, 9.17) is 0 Å². The van der Waals surface area contributed by atoms with Gasteiger partial charge in [-0.05, 0) is 37.7 Å². The number of thiophene rings is 1. The molecule has 0 atom stereocenters. The van der Waals surface area contributed by atoms with Crippen LogP contribution in [0.25, 0.3) is 0 Å². The molecule has 0 unspecified atom stereocenters. The number of nitrogens with one attached hydrogen (secondary N) is 1. The molecule has 5 heteroatoms. The number of fused-ring (bicyclic) bond motifs is 1. The molecule has 4 nitrogen and oxygen atoms in total. The Morgan fingerprint density at radius 1 is 1.22 bits per heavy atom. The van der Waals surface area contributed by atoms with Crippen LogP contribution in [0.3, 0.4) is 0 Å². The molecule has 1 N–H and O–H groups in total. The zero-order chi connectivity index (χ0) is 12.5. The lowest BCUT2D eigenvalue weighted by molar-refractivity contribution is 0.100. The van der Waals surface area contributed by atoms with Gasteiger partial charge >= 0.3 is 5.91 Å². The van der Waals surface area contributed by atoms with E-state index in [-0.39, 0.29) is 0 Å². The third-order valence-corrected chi connectivity index (χ3v) is 5.13. The minimum absolute atomic E-state index is 0.460. The number of anilines is 1. The fourth-order valence-corrected chi connectivity index (χ4v) is 4.39. The Kier molecular flexibility index (Phi) is 3.16. The quantitative estimate of drug-likeness (QED) is 0.850. The molecule has 1 fully saturated rings. The molecular weight excluding hydrogens is 248 g/mol. The fraction of sp³-hybridized carbons (Fsp3) is 0.615. The molecule has 0 bridgehead atoms. The zero-order valence-corrected chi connectivity index (χ0v) is 11.0. The number of carbonyl (C=O) groups excluding carboxylic acids is 1. The third kappa shape index (κ3) is 1.96. The number of hydrogen-bond donors (Lipinski definition) is 1. The van der Waals surface area contributed by atoms with Crippen LogP contribution >= 0.6 is 11.3 Å². The predicted molar refractivity (Wildman–Crippen MR) is 72.3 cm³/mol. The Morgan fingerprint density at radius 3 is 2.72 bits per heavy atom. The highest BCUT2D eigenvalue weighted by Gasteiger charge is 2.28. The number of hydrogen-bond acceptors (Lipinski definition) is 4. The van der Waals surface area contributed by atoms with E-state index in [1.165, 1.54) is 17.7 Å². The maximum Gasteiger partial charge on any atom is 0.320 e. The second-order valence-corrected chi connectivity index (χ2v) is 6.19. The first-order chi connectivity index (χ1) is 8.79. The van der Waals surface area contributed by atoms with E-state index in [0.29, 0.717) is 11.6 Å². The van der Waals surface area contributed by atoms with Gasteiger partial charge in [0.1, 0.15) is 5.00 Å². The van der Waals surface area contributed by atoms with Gasteiger partial charge < -0.3 is 5.32 Å². The summed E-state index contributed by atoms with van der Waals surface area (Å²) in [6.07, 6.45) is 7.84. The van der Waals surface area contributed by atoms with Crippen molar-refractivity contribution in [2.45, 2.75) is 51.0 Å². The van der Waals surface area contributed by atoms with Crippen LogP contribution in [0.1, 0.15) is 52.9 Å². The molecule has 1 aromatic heterocycles. The van der Waals surface area contributed by atoms with Gasteiger partial charge in [-0.2, -0.15) is 0 Å². The van der Waals surface area contributed by atoms with E-state index in [9.17, 15) is 9.70 Å². The molecule has 1 heterocycles. The monoisotopic (exact) mass is 264 g/mol. The molecule has 18 heavy (non-hydrogen) atoms. The molecule has 1 amide bonds. The summed E-state index contributed by atoms with van der Waals surface area (Å²) in [6.45, 7) is 0. The SMILES string of the molecule is O=NC(=O)c1c(NC2CCCC2)sc2c1CCC2. The van der Waals surface area contributed by atoms with Crippen LogP contribution in [0.4, 0.5) is 5.00 Å². The second-order valence-electron chi connectivity index (χ2n) is 5.08. The van der Waals surface area contributed by atoms with Crippen molar-refractivity contribution in [3.05, 3.63) is 20.9 Å². The first-order valence-corrected chi connectivity index (χ1v) is 7.40. The van der Waals surface area contributed by atoms with Gasteiger partial charge in [0.2, 0.25) is 0 Å². The zero-order valence-electron chi connectivity index (χ0n) is 10.2. The maximum atomic E-state index is 11.7. The van der Waals surface area contributed by atoms with Gasteiger partial charge in [-0.3, -0.25) is 4.79 Å². The van der Waals surface area contributed by atoms with E-state index in [0.717, 1.165) is 42.7 Å². The van der Waals surface area contributed by atoms with Gasteiger partial charge in [0, 0.05) is 16.1 Å². The second kappa shape index (κ2) is 4.80. The maximum absolute atomic E-state index is 11.7. The van der Waals surface area contributed by atoms with E-state index < -0.39 is 5.91 Å². The Morgan fingerprint density at radius 2 is 2.00 bits per heavy atom. The molecule has 2 aliphatic carbocycles. The van der Waals surface area contributed by atoms with Crippen LogP contribution in [0, 0.1) is 4.91 Å². The number of amides is 1. The van der Waals surface area contributed by atoms with Gasteiger partial charge in [-0.25, -0.2) is 0 Å². The fourth-order valence-electron chi connectivity index (χ4n) is 3.03. The summed E-state index contributed by atoms with van der Waals surface area (Å²) >= 11 is 1.65. The van der Waals surface area contributed by atoms with Gasteiger partial charge in [0.05, 0.1) is 5.56 Å². The summed E-state index contributed by atoms with van der Waals surface area (Å²) in [4.78, 5) is 23.6. The van der Waals surface area contributed by atoms with Crippen molar-refractivity contribution >= 4 is 22.2 Å². The first-order valence-electron chi connectivity index (χ1n) is 6.58. The van der Waals surface area contributed by atoms with E-state index in [2.05, 4.69) is 10.5 Å². The Labute approximate surface area is 110 Å². The number of nitrogens with zero attached hydrogens (tertiary/aromatic N) is 1. The molecule has 0 radical (unpaired) electrons. The van der Waals surface area contributed by atoms with E-state index >= 15 is 0 Å². The average molecular weight is 264 g/mol. The van der Waals surface area contributed by atoms with Crippen molar-refractivity contribution in [2.24, 2.45) is 5.18 Å². The van der Waals surface area contributed by atoms with Crippen molar-refractivity contribution in [3.8, 4) is 0 Å². The van der Waals surface area contributed by atoms with Gasteiger partial charge in [-0.1, -0.05) is 12.8 Å². The lowest BCUT2D eigenvalue weighted by Crippen LogP contribution is -2.15. The van der Waals surface area contributed by atoms with Crippen molar-refractivity contribution < 1.29 is 4.79 Å². The van der Waals surface area contributed by atoms with Crippen molar-refractivity contribution in [1.82, 2.24) is 0 Å². The molecule has 0 saturated heterocycles. The van der Waals surface area contributed by atoms with Crippen molar-refractivity contribution in [1.29, 1.82) is 0 Å². The molecule has 0 aromatic carbocycles. The van der Waals surface area contributed by atoms with Crippen LogP contribution in [-0.4, -0.2) is 11.9 Å². The van der Waals surface area contributed by atoms with Crippen LogP contribution in [0.5, 0.6) is 0 Å². The number of aryl methyl sites for hydroxylation is 1. The van der Waals surface area contributed by atoms with Gasteiger partial charge in [0.15, 0.2) is 0 Å². The molecule has 1 aromatic rings. The number of rotatable bonds is 3. The smallest absolute Gasteiger partial charge is 0.320 e. The molecule has 0 spiro atoms. The van der Waals surface area contributed by atoms with Gasteiger partial charge in [-0.15, -0.1) is 16.2 Å². The number of nitroso groups, excluding NO2 is 1. The van der Waals surface area contributed by atoms with Crippen LogP contribution in [0.2, 0.25) is 0 Å². The first kappa shape index (κ1) is 11.8. The molecule has 2 aliphatic rings. The highest BCUT2D eigenvalue weighted by atomic mass is 32.1. The Bertz CT molecular complexity index is 489. The highest BCUT2D eigenvalue weighted by molar-refractivity contribution is 7.16. The standard InChI is InChI=1S/C13H16N2O2S/c16-12(15-17)11-9-6-3-7-10(9)18-13(11)14-8-4-1-2-5-8/h8,14H,1-7H2. The molecule has 0 aliphatic heterocycles. The van der Waals surface area contributed by atoms with E-state index in [1.807, 2.05) is 0 Å². The van der Waals surface area contributed by atoms with Crippen LogP contribution in [-0.2, 0) is 12.8 Å². The summed E-state index contributed by atoms with van der Waals surface area (Å²) in [5, 5.41) is 6.96.